The van der Waals surface area contributed by atoms with Crippen LogP contribution in [0.3, 0.4) is 0 Å². The van der Waals surface area contributed by atoms with E-state index in [4.69, 9.17) is 10.2 Å². The lowest BCUT2D eigenvalue weighted by Gasteiger charge is -2.36. The average molecular weight is 408 g/mol. The van der Waals surface area contributed by atoms with Crippen molar-refractivity contribution in [2.75, 3.05) is 5.32 Å². The van der Waals surface area contributed by atoms with E-state index in [0.29, 0.717) is 12.3 Å². The zero-order valence-corrected chi connectivity index (χ0v) is 19.6. The highest BCUT2D eigenvalue weighted by molar-refractivity contribution is 6.74. The number of nitrogens with two attached hydrogens (primary N) is 1. The van der Waals surface area contributed by atoms with Gasteiger partial charge in [0, 0.05) is 5.69 Å². The van der Waals surface area contributed by atoms with E-state index in [1.807, 2.05) is 38.1 Å². The van der Waals surface area contributed by atoms with Gasteiger partial charge in [0.1, 0.15) is 6.04 Å². The monoisotopic (exact) mass is 407 g/mol. The molecule has 0 aliphatic heterocycles. The van der Waals surface area contributed by atoms with Crippen LogP contribution in [0, 0.1) is 5.92 Å². The first-order valence-corrected chi connectivity index (χ1v) is 12.7. The Kier molecular flexibility index (Phi) is 8.40. The number of carbonyl (C=O) groups is 2. The Morgan fingerprint density at radius 1 is 1.07 bits per heavy atom. The Morgan fingerprint density at radius 2 is 1.61 bits per heavy atom. The van der Waals surface area contributed by atoms with Crippen molar-refractivity contribution in [1.29, 1.82) is 0 Å². The molecule has 1 rings (SSSR count). The minimum absolute atomic E-state index is 0.0105. The predicted molar refractivity (Wildman–Crippen MR) is 117 cm³/mol. The molecule has 0 heterocycles. The topological polar surface area (TPSA) is 93.5 Å². The second-order valence-electron chi connectivity index (χ2n) is 9.24. The predicted octanol–water partition coefficient (Wildman–Crippen LogP) is 3.63. The lowest BCUT2D eigenvalue weighted by Crippen LogP contribution is -2.50. The summed E-state index contributed by atoms with van der Waals surface area (Å²) in [7, 11) is -1.80. The molecule has 0 bridgehead atoms. The summed E-state index contributed by atoms with van der Waals surface area (Å²) in [5.41, 5.74) is 7.55. The van der Waals surface area contributed by atoms with Crippen LogP contribution < -0.4 is 16.4 Å². The Balaban J connectivity index is 2.60. The van der Waals surface area contributed by atoms with Crippen LogP contribution in [0.15, 0.2) is 24.3 Å². The van der Waals surface area contributed by atoms with Crippen LogP contribution in [0.4, 0.5) is 5.69 Å². The Bertz CT molecular complexity index is 666. The van der Waals surface area contributed by atoms with Crippen molar-refractivity contribution in [3.8, 4) is 0 Å². The van der Waals surface area contributed by atoms with Crippen molar-refractivity contribution in [2.45, 2.75) is 78.4 Å². The summed E-state index contributed by atoms with van der Waals surface area (Å²) < 4.78 is 6.22. The van der Waals surface area contributed by atoms with Gasteiger partial charge in [0.25, 0.3) is 0 Å². The van der Waals surface area contributed by atoms with E-state index in [-0.39, 0.29) is 22.8 Å². The van der Waals surface area contributed by atoms with E-state index < -0.39 is 20.4 Å². The number of hydrogen-bond acceptors (Lipinski definition) is 4. The zero-order chi connectivity index (χ0) is 21.7. The maximum Gasteiger partial charge on any atom is 0.246 e. The molecule has 158 valence electrons. The Labute approximate surface area is 170 Å². The third-order valence-electron chi connectivity index (χ3n) is 5.40. The summed E-state index contributed by atoms with van der Waals surface area (Å²) in [6.07, 6.45) is 0. The van der Waals surface area contributed by atoms with Gasteiger partial charge < -0.3 is 20.8 Å². The van der Waals surface area contributed by atoms with E-state index in [2.05, 4.69) is 44.5 Å². The van der Waals surface area contributed by atoms with Crippen LogP contribution in [0.25, 0.3) is 0 Å². The highest BCUT2D eigenvalue weighted by atomic mass is 28.4. The number of carbonyl (C=O) groups excluding carboxylic acids is 2. The van der Waals surface area contributed by atoms with Crippen molar-refractivity contribution < 1.29 is 14.0 Å². The van der Waals surface area contributed by atoms with Gasteiger partial charge in [-0.1, -0.05) is 46.8 Å². The summed E-state index contributed by atoms with van der Waals surface area (Å²) in [4.78, 5) is 24.3. The lowest BCUT2D eigenvalue weighted by molar-refractivity contribution is -0.127. The number of benzene rings is 1. The van der Waals surface area contributed by atoms with Gasteiger partial charge in [-0.25, -0.2) is 0 Å². The molecule has 4 N–H and O–H groups in total. The van der Waals surface area contributed by atoms with E-state index in [0.717, 1.165) is 5.56 Å². The molecule has 0 aliphatic carbocycles. The van der Waals surface area contributed by atoms with Gasteiger partial charge in [-0.2, -0.15) is 0 Å². The van der Waals surface area contributed by atoms with Gasteiger partial charge in [-0.05, 0) is 48.7 Å². The first-order valence-electron chi connectivity index (χ1n) is 9.84. The summed E-state index contributed by atoms with van der Waals surface area (Å²) in [5, 5.41) is 5.63. The molecule has 0 spiro atoms. The van der Waals surface area contributed by atoms with Gasteiger partial charge in [0.15, 0.2) is 8.32 Å². The van der Waals surface area contributed by atoms with Crippen LogP contribution in [0.2, 0.25) is 18.1 Å². The molecule has 1 aromatic rings. The van der Waals surface area contributed by atoms with Crippen LogP contribution in [-0.4, -0.2) is 32.2 Å². The molecule has 2 atom stereocenters. The fourth-order valence-electron chi connectivity index (χ4n) is 2.09. The van der Waals surface area contributed by atoms with Crippen molar-refractivity contribution in [3.63, 3.8) is 0 Å². The van der Waals surface area contributed by atoms with Crippen LogP contribution in [0.1, 0.15) is 47.1 Å². The third kappa shape index (κ3) is 7.03. The van der Waals surface area contributed by atoms with Crippen LogP contribution >= 0.6 is 0 Å². The molecule has 0 aromatic heterocycles. The number of amides is 2. The van der Waals surface area contributed by atoms with Gasteiger partial charge >= 0.3 is 0 Å². The molecule has 0 fully saturated rings. The van der Waals surface area contributed by atoms with Crippen molar-refractivity contribution in [2.24, 2.45) is 11.7 Å². The van der Waals surface area contributed by atoms with Gasteiger partial charge in [0.05, 0.1) is 12.6 Å². The number of nitrogens with one attached hydrogen (secondary N) is 2. The summed E-state index contributed by atoms with van der Waals surface area (Å²) in [6, 6.07) is 6.28. The minimum Gasteiger partial charge on any atom is -0.413 e. The van der Waals surface area contributed by atoms with Crippen molar-refractivity contribution in [3.05, 3.63) is 29.8 Å². The molecule has 2 amide bonds. The maximum atomic E-state index is 12.3. The van der Waals surface area contributed by atoms with E-state index in [1.54, 1.807) is 6.92 Å². The molecule has 0 unspecified atom stereocenters. The van der Waals surface area contributed by atoms with Crippen molar-refractivity contribution in [1.82, 2.24) is 5.32 Å². The number of rotatable bonds is 8. The fraction of sp³-hybridized carbons (Fsp3) is 0.619. The standard InChI is InChI=1S/C21H37N3O3Si/c1-14(2)18(22)20(26)23-15(3)19(25)24-17-11-9-16(10-12-17)13-27-28(7,8)21(4,5)6/h9-12,14-15,18H,13,22H2,1-8H3,(H,23,26)(H,24,25)/t15-,18-/m0/s1. The van der Waals surface area contributed by atoms with Crippen LogP contribution in [-0.2, 0) is 20.6 Å². The first-order chi connectivity index (χ1) is 12.7. The Morgan fingerprint density at radius 3 is 2.07 bits per heavy atom. The molecule has 1 aromatic carbocycles. The Hall–Kier alpha value is -1.70. The summed E-state index contributed by atoms with van der Waals surface area (Å²) >= 11 is 0. The largest absolute Gasteiger partial charge is 0.413 e. The quantitative estimate of drug-likeness (QED) is 0.574. The highest BCUT2D eigenvalue weighted by Gasteiger charge is 2.37. The third-order valence-corrected chi connectivity index (χ3v) is 9.88. The SMILES string of the molecule is CC(C)[C@H](N)C(=O)N[C@@H](C)C(=O)Nc1ccc(CO[Si](C)(C)C(C)(C)C)cc1. The highest BCUT2D eigenvalue weighted by Crippen LogP contribution is 2.37. The first kappa shape index (κ1) is 24.3. The lowest BCUT2D eigenvalue weighted by atomic mass is 10.0. The number of hydrogen-bond donors (Lipinski definition) is 3. The molecule has 28 heavy (non-hydrogen) atoms. The smallest absolute Gasteiger partial charge is 0.246 e. The van der Waals surface area contributed by atoms with Gasteiger partial charge in [0.2, 0.25) is 11.8 Å². The normalized spacial score (nSPS) is 14.5. The minimum atomic E-state index is -1.80. The summed E-state index contributed by atoms with van der Waals surface area (Å²) in [5.74, 6) is -0.596. The van der Waals surface area contributed by atoms with E-state index >= 15 is 0 Å². The molecular weight excluding hydrogens is 370 g/mol. The fourth-order valence-corrected chi connectivity index (χ4v) is 3.05. The molecule has 6 nitrogen and oxygen atoms in total. The van der Waals surface area contributed by atoms with E-state index in [9.17, 15) is 9.59 Å². The molecule has 0 radical (unpaired) electrons. The molecular formula is C21H37N3O3Si. The maximum absolute atomic E-state index is 12.3. The molecule has 7 heteroatoms. The van der Waals surface area contributed by atoms with Gasteiger partial charge in [-0.15, -0.1) is 0 Å². The average Bonchev–Trinajstić information content (AvgIpc) is 2.59. The van der Waals surface area contributed by atoms with Crippen LogP contribution in [0.5, 0.6) is 0 Å². The zero-order valence-electron chi connectivity index (χ0n) is 18.6. The van der Waals surface area contributed by atoms with Gasteiger partial charge in [-0.3, -0.25) is 9.59 Å². The van der Waals surface area contributed by atoms with Crippen molar-refractivity contribution >= 4 is 25.8 Å². The molecule has 0 saturated carbocycles. The molecule has 0 saturated heterocycles. The van der Waals surface area contributed by atoms with E-state index in [1.165, 1.54) is 0 Å². The molecule has 0 aliphatic rings. The second-order valence-corrected chi connectivity index (χ2v) is 14.0. The summed E-state index contributed by atoms with van der Waals surface area (Å²) in [6.45, 7) is 17.0. The second kappa shape index (κ2) is 9.67. The number of anilines is 1.